The van der Waals surface area contributed by atoms with Crippen LogP contribution in [0.1, 0.15) is 51.5 Å². The first-order valence-electron chi connectivity index (χ1n) is 14.3. The predicted molar refractivity (Wildman–Crippen MR) is 161 cm³/mol. The summed E-state index contributed by atoms with van der Waals surface area (Å²) in [5.41, 5.74) is 8.95. The van der Waals surface area contributed by atoms with E-state index >= 15 is 0 Å². The van der Waals surface area contributed by atoms with Crippen molar-refractivity contribution in [2.75, 3.05) is 6.54 Å². The highest BCUT2D eigenvalue weighted by atomic mass is 16.2. The lowest BCUT2D eigenvalue weighted by molar-refractivity contribution is -0.139. The molecule has 4 rings (SSSR count). The third kappa shape index (κ3) is 7.17. The highest BCUT2D eigenvalue weighted by molar-refractivity contribution is 5.91. The van der Waals surface area contributed by atoms with Gasteiger partial charge in [-0.3, -0.25) is 14.4 Å². The van der Waals surface area contributed by atoms with Gasteiger partial charge in [-0.2, -0.15) is 0 Å². The summed E-state index contributed by atoms with van der Waals surface area (Å²) in [5.74, 6) is -1.92. The first-order valence-corrected chi connectivity index (χ1v) is 14.3. The molecule has 6 nitrogen and oxygen atoms in total. The lowest BCUT2D eigenvalue weighted by Crippen LogP contribution is -2.50. The quantitative estimate of drug-likeness (QED) is 0.300. The summed E-state index contributed by atoms with van der Waals surface area (Å²) in [6.07, 6.45) is 4.76. The molecule has 3 N–H and O–H groups in total. The van der Waals surface area contributed by atoms with Crippen molar-refractivity contribution in [3.05, 3.63) is 84.9 Å². The Morgan fingerprint density at radius 1 is 1.00 bits per heavy atom. The fourth-order valence-electron chi connectivity index (χ4n) is 5.73. The molecule has 0 radical (unpaired) electrons. The van der Waals surface area contributed by atoms with Crippen LogP contribution in [0.15, 0.2) is 79.4 Å². The molecule has 40 heavy (non-hydrogen) atoms. The van der Waals surface area contributed by atoms with Gasteiger partial charge in [0.05, 0.1) is 11.8 Å². The summed E-state index contributed by atoms with van der Waals surface area (Å²) < 4.78 is 0. The lowest BCUT2D eigenvalue weighted by Gasteiger charge is -2.29. The van der Waals surface area contributed by atoms with Crippen LogP contribution in [0.4, 0.5) is 0 Å². The van der Waals surface area contributed by atoms with Crippen LogP contribution in [0, 0.1) is 17.8 Å². The third-order valence-electron chi connectivity index (χ3n) is 7.81. The normalized spacial score (nSPS) is 17.3. The Balaban J connectivity index is 1.50. The molecule has 0 aromatic heterocycles. The van der Waals surface area contributed by atoms with Gasteiger partial charge >= 0.3 is 0 Å². The maximum Gasteiger partial charge on any atom is 0.245 e. The number of allylic oxidation sites excluding steroid dienone is 1. The second kappa shape index (κ2) is 13.4. The number of fused-ring (bicyclic) bond motifs is 1. The van der Waals surface area contributed by atoms with Gasteiger partial charge in [-0.05, 0) is 77.6 Å². The first-order chi connectivity index (χ1) is 19.3. The van der Waals surface area contributed by atoms with E-state index in [2.05, 4.69) is 54.4 Å². The minimum absolute atomic E-state index is 0.0791. The maximum atomic E-state index is 13.7. The number of hydrogen-bond donors (Lipinski definition) is 2. The van der Waals surface area contributed by atoms with Crippen molar-refractivity contribution in [2.45, 2.75) is 58.5 Å². The average molecular weight is 540 g/mol. The number of hydrogen-bond acceptors (Lipinski definition) is 3. The Morgan fingerprint density at radius 3 is 2.48 bits per heavy atom. The number of nitrogens with two attached hydrogens (primary N) is 1. The number of benzene rings is 3. The minimum Gasteiger partial charge on any atom is -0.369 e. The minimum atomic E-state index is -0.644. The number of primary amides is 1. The van der Waals surface area contributed by atoms with E-state index in [0.29, 0.717) is 32.4 Å². The Labute approximate surface area is 237 Å². The van der Waals surface area contributed by atoms with Gasteiger partial charge in [-0.25, -0.2) is 0 Å². The maximum absolute atomic E-state index is 13.7. The van der Waals surface area contributed by atoms with Gasteiger partial charge < -0.3 is 16.0 Å². The van der Waals surface area contributed by atoms with Gasteiger partial charge in [0.25, 0.3) is 0 Å². The molecule has 0 saturated carbocycles. The molecular weight excluding hydrogens is 498 g/mol. The van der Waals surface area contributed by atoms with Gasteiger partial charge in [0.2, 0.25) is 17.7 Å². The number of nitrogens with zero attached hydrogens (tertiary/aromatic N) is 1. The number of carbonyl (C=O) groups is 3. The molecule has 3 aromatic carbocycles. The summed E-state index contributed by atoms with van der Waals surface area (Å²) in [6, 6.07) is 22.4. The average Bonchev–Trinajstić information content (AvgIpc) is 3.11. The van der Waals surface area contributed by atoms with Crippen LogP contribution in [-0.4, -0.2) is 35.2 Å². The van der Waals surface area contributed by atoms with Crippen LogP contribution in [-0.2, 0) is 20.9 Å². The molecule has 3 amide bonds. The molecule has 6 heteroatoms. The molecule has 0 aliphatic carbocycles. The van der Waals surface area contributed by atoms with Crippen molar-refractivity contribution in [3.63, 3.8) is 0 Å². The fourth-order valence-corrected chi connectivity index (χ4v) is 5.73. The van der Waals surface area contributed by atoms with E-state index in [9.17, 15) is 14.4 Å². The van der Waals surface area contributed by atoms with Gasteiger partial charge in [0.1, 0.15) is 6.04 Å². The Kier molecular flexibility index (Phi) is 9.75. The fraction of sp³-hybridized carbons (Fsp3) is 0.382. The van der Waals surface area contributed by atoms with Crippen LogP contribution in [0.25, 0.3) is 21.9 Å². The molecule has 1 aliphatic heterocycles. The highest BCUT2D eigenvalue weighted by Gasteiger charge is 2.35. The van der Waals surface area contributed by atoms with Crippen molar-refractivity contribution >= 4 is 28.5 Å². The van der Waals surface area contributed by atoms with Gasteiger partial charge in [0.15, 0.2) is 0 Å². The lowest BCUT2D eigenvalue weighted by atomic mass is 9.82. The standard InChI is InChI=1S/C34H41N3O3/c1-4-10-29(32(35)38)30(19-23(2)3)33(39)36-31-15-7-8-18-37(34(31)40)22-24-11-9-14-26(20-24)28-17-16-25-12-5-6-13-27(25)21-28/h4-6,9,11-14,16-17,20-21,23,29-31H,1,7-8,10,15,18-19,22H2,2-3H3,(H2,35,38)(H,36,39)/t29-,30+,31-/m0/s1. The molecule has 0 bridgehead atoms. The van der Waals surface area contributed by atoms with E-state index in [1.807, 2.05) is 43.0 Å². The molecule has 210 valence electrons. The second-order valence-corrected chi connectivity index (χ2v) is 11.3. The van der Waals surface area contributed by atoms with Crippen LogP contribution in [0.2, 0.25) is 0 Å². The third-order valence-corrected chi connectivity index (χ3v) is 7.81. The summed E-state index contributed by atoms with van der Waals surface area (Å²) >= 11 is 0. The van der Waals surface area contributed by atoms with Crippen molar-refractivity contribution in [2.24, 2.45) is 23.5 Å². The molecule has 0 spiro atoms. The summed E-state index contributed by atoms with van der Waals surface area (Å²) in [5, 5.41) is 5.40. The Hall–Kier alpha value is -3.93. The number of nitrogens with one attached hydrogen (secondary N) is 1. The number of amides is 3. The first kappa shape index (κ1) is 29.1. The van der Waals surface area contributed by atoms with Gasteiger partial charge in [-0.15, -0.1) is 6.58 Å². The number of likely N-dealkylation sites (tertiary alicyclic amines) is 1. The van der Waals surface area contributed by atoms with Crippen LogP contribution < -0.4 is 11.1 Å². The number of rotatable bonds is 11. The molecule has 1 saturated heterocycles. The monoisotopic (exact) mass is 539 g/mol. The van der Waals surface area contributed by atoms with Crippen LogP contribution in [0.3, 0.4) is 0 Å². The van der Waals surface area contributed by atoms with Gasteiger partial charge in [0, 0.05) is 13.1 Å². The van der Waals surface area contributed by atoms with Crippen molar-refractivity contribution in [1.29, 1.82) is 0 Å². The predicted octanol–water partition coefficient (Wildman–Crippen LogP) is 5.84. The van der Waals surface area contributed by atoms with E-state index in [-0.39, 0.29) is 17.7 Å². The van der Waals surface area contributed by atoms with E-state index < -0.39 is 23.8 Å². The molecular formula is C34H41N3O3. The zero-order valence-electron chi connectivity index (χ0n) is 23.6. The Morgan fingerprint density at radius 2 is 1.75 bits per heavy atom. The number of carbonyl (C=O) groups excluding carboxylic acids is 3. The largest absolute Gasteiger partial charge is 0.369 e. The molecule has 1 heterocycles. The molecule has 0 unspecified atom stereocenters. The zero-order chi connectivity index (χ0) is 28.6. The second-order valence-electron chi connectivity index (χ2n) is 11.3. The van der Waals surface area contributed by atoms with Crippen LogP contribution in [0.5, 0.6) is 0 Å². The van der Waals surface area contributed by atoms with Crippen molar-refractivity contribution in [1.82, 2.24) is 10.2 Å². The summed E-state index contributed by atoms with van der Waals surface area (Å²) in [7, 11) is 0. The van der Waals surface area contributed by atoms with Crippen molar-refractivity contribution in [3.8, 4) is 11.1 Å². The topological polar surface area (TPSA) is 92.5 Å². The molecule has 1 fully saturated rings. The van der Waals surface area contributed by atoms with E-state index in [0.717, 1.165) is 29.5 Å². The zero-order valence-corrected chi connectivity index (χ0v) is 23.6. The van der Waals surface area contributed by atoms with E-state index in [4.69, 9.17) is 5.73 Å². The van der Waals surface area contributed by atoms with Crippen LogP contribution >= 0.6 is 0 Å². The van der Waals surface area contributed by atoms with E-state index in [1.165, 1.54) is 10.8 Å². The van der Waals surface area contributed by atoms with Gasteiger partial charge in [-0.1, -0.05) is 74.5 Å². The molecule has 3 aromatic rings. The summed E-state index contributed by atoms with van der Waals surface area (Å²) in [6.45, 7) is 8.87. The molecule has 3 atom stereocenters. The Bertz CT molecular complexity index is 1370. The highest BCUT2D eigenvalue weighted by Crippen LogP contribution is 2.27. The SMILES string of the molecule is C=CC[C@H](C(N)=O)[C@@H](CC(C)C)C(=O)N[C@H]1CCCCN(Cc2cccc(-c3ccc4ccccc4c3)c2)C1=O. The summed E-state index contributed by atoms with van der Waals surface area (Å²) in [4.78, 5) is 41.2. The molecule has 1 aliphatic rings. The van der Waals surface area contributed by atoms with Crippen molar-refractivity contribution < 1.29 is 14.4 Å². The van der Waals surface area contributed by atoms with E-state index in [1.54, 1.807) is 6.08 Å². The smallest absolute Gasteiger partial charge is 0.245 e.